The summed E-state index contributed by atoms with van der Waals surface area (Å²) >= 11 is 0. The maximum absolute atomic E-state index is 10.8. The van der Waals surface area contributed by atoms with Crippen LogP contribution in [-0.2, 0) is 16.0 Å². The molecule has 0 bridgehead atoms. The molecule has 1 aromatic carbocycles. The molecule has 0 saturated heterocycles. The Bertz CT molecular complexity index is 322. The van der Waals surface area contributed by atoms with Crippen molar-refractivity contribution in [1.82, 2.24) is 5.32 Å². The lowest BCUT2D eigenvalue weighted by molar-refractivity contribution is -0.122. The number of aldehydes is 1. The molecule has 0 radical (unpaired) electrons. The molecule has 1 N–H and O–H groups in total. The van der Waals surface area contributed by atoms with Crippen molar-refractivity contribution in [3.8, 4) is 0 Å². The van der Waals surface area contributed by atoms with Gasteiger partial charge >= 0.3 is 0 Å². The van der Waals surface area contributed by atoms with Crippen LogP contribution < -0.4 is 5.32 Å². The van der Waals surface area contributed by atoms with E-state index in [1.165, 1.54) is 12.5 Å². The van der Waals surface area contributed by atoms with Gasteiger partial charge in [-0.15, -0.1) is 0 Å². The summed E-state index contributed by atoms with van der Waals surface area (Å²) in [5.74, 6) is -0.167. The largest absolute Gasteiger partial charge is 0.347 e. The van der Waals surface area contributed by atoms with Crippen LogP contribution in [0.25, 0.3) is 0 Å². The van der Waals surface area contributed by atoms with E-state index in [2.05, 4.69) is 5.32 Å². The molecule has 1 rings (SSSR count). The molecule has 0 saturated carbocycles. The third-order valence-electron chi connectivity index (χ3n) is 2.14. The van der Waals surface area contributed by atoms with Crippen molar-refractivity contribution < 1.29 is 9.59 Å². The molecule has 0 aliphatic heterocycles. The Morgan fingerprint density at radius 1 is 1.40 bits per heavy atom. The summed E-state index contributed by atoms with van der Waals surface area (Å²) in [6.45, 7) is 1.42. The summed E-state index contributed by atoms with van der Waals surface area (Å²) in [7, 11) is 0. The maximum atomic E-state index is 10.8. The first kappa shape index (κ1) is 11.4. The Labute approximate surface area is 89.5 Å². The van der Waals surface area contributed by atoms with Crippen molar-refractivity contribution in [3.63, 3.8) is 0 Å². The Hall–Kier alpha value is -1.64. The number of nitrogens with one attached hydrogen (secondary N) is 1. The molecule has 80 valence electrons. The lowest BCUT2D eigenvalue weighted by Crippen LogP contribution is -2.34. The fourth-order valence-corrected chi connectivity index (χ4v) is 1.40. The van der Waals surface area contributed by atoms with Crippen LogP contribution in [0, 0.1) is 0 Å². The minimum atomic E-state index is -0.372. The van der Waals surface area contributed by atoms with Gasteiger partial charge in [0.25, 0.3) is 0 Å². The number of carbonyl (C=O) groups is 2. The van der Waals surface area contributed by atoms with E-state index in [9.17, 15) is 9.59 Å². The smallest absolute Gasteiger partial charge is 0.217 e. The van der Waals surface area contributed by atoms with E-state index in [4.69, 9.17) is 0 Å². The highest BCUT2D eigenvalue weighted by atomic mass is 16.2. The molecular weight excluding hydrogens is 190 g/mol. The Morgan fingerprint density at radius 3 is 2.60 bits per heavy atom. The minimum Gasteiger partial charge on any atom is -0.347 e. The van der Waals surface area contributed by atoms with Crippen molar-refractivity contribution >= 4 is 12.2 Å². The third-order valence-corrected chi connectivity index (χ3v) is 2.14. The number of aryl methyl sites for hydroxylation is 1. The fraction of sp³-hybridized carbons (Fsp3) is 0.333. The molecule has 3 nitrogen and oxygen atoms in total. The van der Waals surface area contributed by atoms with Crippen molar-refractivity contribution in [2.24, 2.45) is 0 Å². The van der Waals surface area contributed by atoms with Gasteiger partial charge in [-0.05, 0) is 18.4 Å². The normalized spacial score (nSPS) is 11.8. The van der Waals surface area contributed by atoms with E-state index in [-0.39, 0.29) is 11.9 Å². The molecule has 1 amide bonds. The van der Waals surface area contributed by atoms with Gasteiger partial charge in [0.2, 0.25) is 5.91 Å². The van der Waals surface area contributed by atoms with E-state index in [0.29, 0.717) is 6.42 Å². The van der Waals surface area contributed by atoms with Gasteiger partial charge in [-0.2, -0.15) is 0 Å². The van der Waals surface area contributed by atoms with E-state index >= 15 is 0 Å². The number of rotatable bonds is 5. The van der Waals surface area contributed by atoms with Crippen LogP contribution in [0.2, 0.25) is 0 Å². The Kier molecular flexibility index (Phi) is 4.54. The van der Waals surface area contributed by atoms with Gasteiger partial charge in [0.05, 0.1) is 6.04 Å². The predicted octanol–water partition coefficient (Wildman–Crippen LogP) is 1.32. The maximum Gasteiger partial charge on any atom is 0.217 e. The van der Waals surface area contributed by atoms with Crippen LogP contribution in [0.3, 0.4) is 0 Å². The van der Waals surface area contributed by atoms with Crippen LogP contribution in [0.1, 0.15) is 18.9 Å². The second kappa shape index (κ2) is 5.96. The van der Waals surface area contributed by atoms with Gasteiger partial charge in [-0.3, -0.25) is 4.79 Å². The molecule has 15 heavy (non-hydrogen) atoms. The van der Waals surface area contributed by atoms with Crippen molar-refractivity contribution in [3.05, 3.63) is 35.9 Å². The molecule has 0 aliphatic carbocycles. The number of carbonyl (C=O) groups excluding carboxylic acids is 2. The van der Waals surface area contributed by atoms with Crippen LogP contribution in [-0.4, -0.2) is 18.2 Å². The number of hydrogen-bond acceptors (Lipinski definition) is 2. The first-order valence-corrected chi connectivity index (χ1v) is 4.98. The second-order valence-electron chi connectivity index (χ2n) is 3.47. The highest BCUT2D eigenvalue weighted by molar-refractivity contribution is 5.77. The first-order chi connectivity index (χ1) is 7.22. The van der Waals surface area contributed by atoms with Crippen molar-refractivity contribution in [2.75, 3.05) is 0 Å². The zero-order valence-electron chi connectivity index (χ0n) is 8.77. The summed E-state index contributed by atoms with van der Waals surface area (Å²) in [4.78, 5) is 21.4. The second-order valence-corrected chi connectivity index (χ2v) is 3.47. The summed E-state index contributed by atoms with van der Waals surface area (Å²) in [5.41, 5.74) is 1.18. The van der Waals surface area contributed by atoms with Gasteiger partial charge < -0.3 is 10.1 Å². The summed E-state index contributed by atoms with van der Waals surface area (Å²) in [6.07, 6.45) is 2.22. The van der Waals surface area contributed by atoms with Crippen LogP contribution in [0.15, 0.2) is 30.3 Å². The third kappa shape index (κ3) is 4.40. The first-order valence-electron chi connectivity index (χ1n) is 4.98. The zero-order chi connectivity index (χ0) is 11.1. The molecule has 0 aliphatic rings. The summed E-state index contributed by atoms with van der Waals surface area (Å²) in [5, 5.41) is 2.59. The monoisotopic (exact) mass is 205 g/mol. The SMILES string of the molecule is CC(=O)NC(C=O)CCc1ccccc1. The number of benzene rings is 1. The molecule has 0 heterocycles. The molecular formula is C12H15NO2. The van der Waals surface area contributed by atoms with Gasteiger partial charge in [-0.25, -0.2) is 0 Å². The quantitative estimate of drug-likeness (QED) is 0.737. The Morgan fingerprint density at radius 2 is 2.07 bits per heavy atom. The average Bonchev–Trinajstić information content (AvgIpc) is 2.25. The molecule has 3 heteroatoms. The number of hydrogen-bond donors (Lipinski definition) is 1. The summed E-state index contributed by atoms with van der Waals surface area (Å²) < 4.78 is 0. The van der Waals surface area contributed by atoms with E-state index in [1.54, 1.807) is 0 Å². The van der Waals surface area contributed by atoms with Gasteiger partial charge in [0.15, 0.2) is 0 Å². The van der Waals surface area contributed by atoms with E-state index in [0.717, 1.165) is 12.7 Å². The van der Waals surface area contributed by atoms with E-state index in [1.807, 2.05) is 30.3 Å². The Balaban J connectivity index is 2.41. The van der Waals surface area contributed by atoms with Crippen LogP contribution >= 0.6 is 0 Å². The van der Waals surface area contributed by atoms with Crippen LogP contribution in [0.5, 0.6) is 0 Å². The molecule has 0 aromatic heterocycles. The van der Waals surface area contributed by atoms with Gasteiger partial charge in [0, 0.05) is 6.92 Å². The highest BCUT2D eigenvalue weighted by Crippen LogP contribution is 2.03. The van der Waals surface area contributed by atoms with Gasteiger partial charge in [-0.1, -0.05) is 30.3 Å². The molecule has 1 unspecified atom stereocenters. The number of amides is 1. The zero-order valence-corrected chi connectivity index (χ0v) is 8.77. The van der Waals surface area contributed by atoms with Crippen LogP contribution in [0.4, 0.5) is 0 Å². The average molecular weight is 205 g/mol. The standard InChI is InChI=1S/C12H15NO2/c1-10(15)13-12(9-14)8-7-11-5-3-2-4-6-11/h2-6,9,12H,7-8H2,1H3,(H,13,15). The van der Waals surface area contributed by atoms with Crippen molar-refractivity contribution in [2.45, 2.75) is 25.8 Å². The fourth-order valence-electron chi connectivity index (χ4n) is 1.40. The van der Waals surface area contributed by atoms with E-state index < -0.39 is 0 Å². The van der Waals surface area contributed by atoms with Crippen molar-refractivity contribution in [1.29, 1.82) is 0 Å². The highest BCUT2D eigenvalue weighted by Gasteiger charge is 2.07. The molecule has 1 atom stereocenters. The molecule has 0 fully saturated rings. The topological polar surface area (TPSA) is 46.2 Å². The summed E-state index contributed by atoms with van der Waals surface area (Å²) in [6, 6.07) is 9.52. The lowest BCUT2D eigenvalue weighted by Gasteiger charge is -2.10. The minimum absolute atomic E-state index is 0.167. The molecule has 1 aromatic rings. The van der Waals surface area contributed by atoms with Gasteiger partial charge in [0.1, 0.15) is 6.29 Å². The molecule has 0 spiro atoms. The lowest BCUT2D eigenvalue weighted by atomic mass is 10.1. The predicted molar refractivity (Wildman–Crippen MR) is 58.4 cm³/mol.